The number of phosphoric acid groups is 1. The van der Waals surface area contributed by atoms with Gasteiger partial charge < -0.3 is 34.9 Å². The van der Waals surface area contributed by atoms with Gasteiger partial charge in [0.15, 0.2) is 6.10 Å². The SMILES string of the molecule is O=P(O)(O)OC[C@@]1(O)O[C@H]([C@@H](O)C(F)(F)C(F)(F)C(F)(F)C(F)(F)C(F)(F)C(F)(F)Cl)[C@@H](O)[C@@H]1O. The highest BCUT2D eigenvalue weighted by atomic mass is 35.5. The van der Waals surface area contributed by atoms with Crippen molar-refractivity contribution in [3.8, 4) is 0 Å². The van der Waals surface area contributed by atoms with Crippen LogP contribution in [0.4, 0.5) is 52.7 Å². The summed E-state index contributed by atoms with van der Waals surface area (Å²) in [4.78, 5) is 17.0. The van der Waals surface area contributed by atoms with Gasteiger partial charge in [-0.3, -0.25) is 4.52 Å². The van der Waals surface area contributed by atoms with Gasteiger partial charge in [-0.1, -0.05) is 0 Å². The maximum atomic E-state index is 14.1. The molecule has 0 aliphatic carbocycles. The summed E-state index contributed by atoms with van der Waals surface area (Å²) in [6.45, 7) is -1.98. The number of rotatable bonds is 10. The van der Waals surface area contributed by atoms with E-state index in [1.165, 1.54) is 0 Å². The Labute approximate surface area is 189 Å². The molecule has 1 rings (SSSR count). The van der Waals surface area contributed by atoms with Gasteiger partial charge in [-0.15, -0.1) is 0 Å². The fraction of sp³-hybridized carbons (Fsp3) is 1.00. The lowest BCUT2D eigenvalue weighted by Crippen LogP contribution is -2.72. The molecule has 0 bridgehead atoms. The van der Waals surface area contributed by atoms with E-state index in [-0.39, 0.29) is 0 Å². The number of ether oxygens (including phenoxy) is 1. The molecule has 210 valence electrons. The first-order chi connectivity index (χ1) is 15.0. The number of aliphatic hydroxyl groups is 4. The van der Waals surface area contributed by atoms with E-state index in [4.69, 9.17) is 9.79 Å². The highest BCUT2D eigenvalue weighted by molar-refractivity contribution is 7.46. The van der Waals surface area contributed by atoms with Crippen LogP contribution in [-0.4, -0.2) is 102 Å². The summed E-state index contributed by atoms with van der Waals surface area (Å²) >= 11 is 3.52. The lowest BCUT2D eigenvalue weighted by Gasteiger charge is -2.42. The van der Waals surface area contributed by atoms with E-state index < -0.39 is 79.6 Å². The summed E-state index contributed by atoms with van der Waals surface area (Å²) in [5.74, 6) is -42.5. The molecule has 0 aromatic rings. The second-order valence-corrected chi connectivity index (χ2v) is 8.70. The van der Waals surface area contributed by atoms with Crippen molar-refractivity contribution in [2.75, 3.05) is 6.61 Å². The Morgan fingerprint density at radius 2 is 1.29 bits per heavy atom. The van der Waals surface area contributed by atoms with Crippen molar-refractivity contribution in [3.63, 3.8) is 0 Å². The Morgan fingerprint density at radius 1 is 0.886 bits per heavy atom. The fourth-order valence-corrected chi connectivity index (χ4v) is 3.01. The first-order valence-corrected chi connectivity index (χ1v) is 10.0. The number of hydrogen-bond acceptors (Lipinski definition) is 7. The summed E-state index contributed by atoms with van der Waals surface area (Å²) in [5, 5.41) is 31.5. The molecule has 1 heterocycles. The van der Waals surface area contributed by atoms with Crippen LogP contribution >= 0.6 is 19.4 Å². The van der Waals surface area contributed by atoms with E-state index in [1.807, 2.05) is 0 Å². The Balaban J connectivity index is 3.42. The molecular formula is C12H12ClF12O9P. The molecule has 0 aromatic carbocycles. The van der Waals surface area contributed by atoms with E-state index in [2.05, 4.69) is 20.9 Å². The normalized spacial score (nSPS) is 28.9. The van der Waals surface area contributed by atoms with E-state index >= 15 is 0 Å². The molecule has 1 fully saturated rings. The smallest absolute Gasteiger partial charge is 0.387 e. The summed E-state index contributed by atoms with van der Waals surface area (Å²) < 4.78 is 179. The van der Waals surface area contributed by atoms with Crippen LogP contribution in [-0.2, 0) is 13.8 Å². The molecule has 23 heteroatoms. The molecule has 1 saturated heterocycles. The first kappa shape index (κ1) is 32.4. The van der Waals surface area contributed by atoms with E-state index in [9.17, 15) is 77.7 Å². The molecule has 1 aliphatic rings. The Kier molecular flexibility index (Phi) is 8.31. The van der Waals surface area contributed by atoms with Crippen molar-refractivity contribution >= 4 is 19.4 Å². The minimum atomic E-state index is -8.13. The van der Waals surface area contributed by atoms with Crippen LogP contribution in [0.5, 0.6) is 0 Å². The predicted octanol–water partition coefficient (Wildman–Crippen LogP) is 1.27. The third-order valence-corrected chi connectivity index (χ3v) is 5.25. The zero-order valence-electron chi connectivity index (χ0n) is 15.8. The average Bonchev–Trinajstić information content (AvgIpc) is 2.88. The van der Waals surface area contributed by atoms with Gasteiger partial charge in [-0.2, -0.15) is 52.7 Å². The third kappa shape index (κ3) is 5.08. The molecule has 0 spiro atoms. The van der Waals surface area contributed by atoms with Crippen LogP contribution in [0.3, 0.4) is 0 Å². The quantitative estimate of drug-likeness (QED) is 0.125. The van der Waals surface area contributed by atoms with Gasteiger partial charge >= 0.3 is 42.8 Å². The van der Waals surface area contributed by atoms with Crippen LogP contribution in [0.25, 0.3) is 0 Å². The number of alkyl halides is 13. The lowest BCUT2D eigenvalue weighted by atomic mass is 9.88. The van der Waals surface area contributed by atoms with Gasteiger partial charge in [-0.05, 0) is 11.6 Å². The topological polar surface area (TPSA) is 157 Å². The minimum Gasteiger partial charge on any atom is -0.387 e. The van der Waals surface area contributed by atoms with Gasteiger partial charge in [0.1, 0.15) is 24.9 Å². The van der Waals surface area contributed by atoms with Crippen molar-refractivity contribution in [1.29, 1.82) is 0 Å². The minimum absolute atomic E-state index is 1.98. The lowest BCUT2D eigenvalue weighted by molar-refractivity contribution is -0.427. The molecule has 0 saturated carbocycles. The van der Waals surface area contributed by atoms with Crippen molar-refractivity contribution in [1.82, 2.24) is 0 Å². The maximum absolute atomic E-state index is 14.1. The van der Waals surface area contributed by atoms with Crippen LogP contribution < -0.4 is 0 Å². The maximum Gasteiger partial charge on any atom is 0.469 e. The van der Waals surface area contributed by atoms with Crippen LogP contribution in [0.15, 0.2) is 0 Å². The first-order valence-electron chi connectivity index (χ1n) is 8.13. The summed E-state index contributed by atoms with van der Waals surface area (Å²) in [5.41, 5.74) is 0. The Bertz CT molecular complexity index is 836. The molecular weight excluding hydrogens is 583 g/mol. The number of hydrogen-bond donors (Lipinski definition) is 6. The van der Waals surface area contributed by atoms with Gasteiger partial charge in [-0.25, -0.2) is 4.57 Å². The second kappa shape index (κ2) is 8.98. The molecule has 9 nitrogen and oxygen atoms in total. The van der Waals surface area contributed by atoms with E-state index in [1.54, 1.807) is 0 Å². The summed E-state index contributed by atoms with van der Waals surface area (Å²) in [7, 11) is -5.57. The van der Waals surface area contributed by atoms with E-state index in [0.29, 0.717) is 0 Å². The highest BCUT2D eigenvalue weighted by Crippen LogP contribution is 2.61. The molecule has 5 atom stereocenters. The van der Waals surface area contributed by atoms with Gasteiger partial charge in [0, 0.05) is 0 Å². The molecule has 1 aliphatic heterocycles. The third-order valence-electron chi connectivity index (χ3n) is 4.54. The zero-order valence-corrected chi connectivity index (χ0v) is 17.4. The van der Waals surface area contributed by atoms with Crippen molar-refractivity contribution in [2.24, 2.45) is 0 Å². The standard InChI is InChI=1S/C12H12ClF12O9P/c13-12(24,25)11(22,23)10(20,21)9(18,19)8(16,17)7(14,15)5(28)3-2(26)4(27)6(29,34-3)1-33-35(30,31)32/h2-5,26-29H,1H2,(H2,30,31,32)/t2-,3+,4+,5-,6-/m1/s1. The number of phosphoric ester groups is 1. The summed E-state index contributed by atoms with van der Waals surface area (Å²) in [6, 6.07) is 0. The zero-order chi connectivity index (χ0) is 28.4. The monoisotopic (exact) mass is 594 g/mol. The predicted molar refractivity (Wildman–Crippen MR) is 81.4 cm³/mol. The molecule has 0 radical (unpaired) electrons. The fourth-order valence-electron chi connectivity index (χ4n) is 2.54. The molecule has 0 unspecified atom stereocenters. The number of aliphatic hydroxyl groups excluding tert-OH is 3. The largest absolute Gasteiger partial charge is 0.469 e. The van der Waals surface area contributed by atoms with Crippen molar-refractivity contribution in [2.45, 2.75) is 65.2 Å². The molecule has 6 N–H and O–H groups in total. The summed E-state index contributed by atoms with van der Waals surface area (Å²) in [6.07, 6.45) is -14.7. The van der Waals surface area contributed by atoms with Crippen LogP contribution in [0.2, 0.25) is 0 Å². The molecule has 35 heavy (non-hydrogen) atoms. The molecule has 0 amide bonds. The van der Waals surface area contributed by atoms with Crippen LogP contribution in [0.1, 0.15) is 0 Å². The Hall–Kier alpha value is -0.640. The van der Waals surface area contributed by atoms with Crippen molar-refractivity contribution in [3.05, 3.63) is 0 Å². The average molecular weight is 595 g/mol. The highest BCUT2D eigenvalue weighted by Gasteiger charge is 2.91. The van der Waals surface area contributed by atoms with Crippen LogP contribution in [0, 0.1) is 0 Å². The van der Waals surface area contributed by atoms with Crippen molar-refractivity contribution < 1.29 is 96.7 Å². The van der Waals surface area contributed by atoms with Gasteiger partial charge in [0.25, 0.3) is 0 Å². The Morgan fingerprint density at radius 3 is 1.66 bits per heavy atom. The molecule has 0 aromatic heterocycles. The van der Waals surface area contributed by atoms with Gasteiger partial charge in [0.2, 0.25) is 5.79 Å². The van der Waals surface area contributed by atoms with Gasteiger partial charge in [0.05, 0.1) is 0 Å². The van der Waals surface area contributed by atoms with E-state index in [0.717, 1.165) is 0 Å². The second-order valence-electron chi connectivity index (χ2n) is 6.99. The number of halogens is 13.